The monoisotopic (exact) mass is 147 g/mol. The van der Waals surface area contributed by atoms with Crippen LogP contribution in [0.15, 0.2) is 0 Å². The molecule has 8 heavy (non-hydrogen) atoms. The molecule has 47 valence electrons. The van der Waals surface area contributed by atoms with Crippen molar-refractivity contribution >= 4 is 23.5 Å². The van der Waals surface area contributed by atoms with Crippen LogP contribution in [-0.2, 0) is 0 Å². The molecule has 0 saturated carbocycles. The van der Waals surface area contributed by atoms with E-state index in [2.05, 4.69) is 36.9 Å². The molecule has 1 saturated heterocycles. The highest BCUT2D eigenvalue weighted by Crippen LogP contribution is 2.24. The molecule has 1 unspecified atom stereocenters. The van der Waals surface area contributed by atoms with Crippen LogP contribution in [0.5, 0.6) is 0 Å². The largest absolute Gasteiger partial charge is 0.160 e. The first-order valence-electron chi connectivity index (χ1n) is 2.92. The first kappa shape index (κ1) is 6.81. The lowest BCUT2D eigenvalue weighted by atomic mass is 10.4. The Labute approximate surface area is 59.8 Å². The van der Waals surface area contributed by atoms with Crippen LogP contribution in [0, 0.1) is 6.42 Å². The van der Waals surface area contributed by atoms with Crippen molar-refractivity contribution in [1.29, 1.82) is 0 Å². The van der Waals surface area contributed by atoms with Gasteiger partial charge in [-0.3, -0.25) is 0 Å². The molecule has 1 aliphatic rings. The number of hydrogen-bond acceptors (Lipinski definition) is 2. The third kappa shape index (κ3) is 1.90. The highest BCUT2D eigenvalue weighted by Gasteiger charge is 2.10. The standard InChI is InChI=1S/C6H11S2/c1-2-6-5-7-3-4-8-6/h2,6H,3-5H2,1H3. The molecule has 0 N–H and O–H groups in total. The van der Waals surface area contributed by atoms with E-state index in [1.807, 2.05) is 0 Å². The van der Waals surface area contributed by atoms with Gasteiger partial charge in [-0.1, -0.05) is 6.92 Å². The van der Waals surface area contributed by atoms with Gasteiger partial charge in [-0.2, -0.15) is 23.5 Å². The maximum atomic E-state index is 2.30. The van der Waals surface area contributed by atoms with Crippen molar-refractivity contribution < 1.29 is 0 Å². The molecule has 0 spiro atoms. The Balaban J connectivity index is 2.13. The number of rotatable bonds is 1. The summed E-state index contributed by atoms with van der Waals surface area (Å²) in [5.74, 6) is 4.04. The Morgan fingerprint density at radius 1 is 1.50 bits per heavy atom. The van der Waals surface area contributed by atoms with E-state index in [4.69, 9.17) is 0 Å². The van der Waals surface area contributed by atoms with Gasteiger partial charge in [0.1, 0.15) is 0 Å². The predicted molar refractivity (Wildman–Crippen MR) is 43.5 cm³/mol. The summed E-state index contributed by atoms with van der Waals surface area (Å²) < 4.78 is 0. The number of thioether (sulfide) groups is 2. The molecule has 1 rings (SSSR count). The molecule has 0 amide bonds. The van der Waals surface area contributed by atoms with E-state index in [1.54, 1.807) is 0 Å². The first-order chi connectivity index (χ1) is 3.93. The van der Waals surface area contributed by atoms with Crippen molar-refractivity contribution in [2.24, 2.45) is 0 Å². The summed E-state index contributed by atoms with van der Waals surface area (Å²) in [5, 5.41) is 0.841. The fourth-order valence-electron chi connectivity index (χ4n) is 0.698. The van der Waals surface area contributed by atoms with Gasteiger partial charge in [0.15, 0.2) is 0 Å². The normalized spacial score (nSPS) is 30.4. The molecule has 0 aliphatic carbocycles. The van der Waals surface area contributed by atoms with Gasteiger partial charge in [-0.05, 0) is 6.42 Å². The van der Waals surface area contributed by atoms with Crippen LogP contribution in [0.2, 0.25) is 0 Å². The summed E-state index contributed by atoms with van der Waals surface area (Å²) in [4.78, 5) is 0. The molecule has 0 aromatic heterocycles. The Morgan fingerprint density at radius 2 is 2.38 bits per heavy atom. The lowest BCUT2D eigenvalue weighted by molar-refractivity contribution is 1.12. The Morgan fingerprint density at radius 3 is 2.75 bits per heavy atom. The second kappa shape index (κ2) is 3.67. The van der Waals surface area contributed by atoms with E-state index in [-0.39, 0.29) is 0 Å². The Kier molecular flexibility index (Phi) is 3.13. The quantitative estimate of drug-likeness (QED) is 0.557. The fraction of sp³-hybridized carbons (Fsp3) is 0.833. The van der Waals surface area contributed by atoms with Gasteiger partial charge in [0, 0.05) is 22.5 Å². The average Bonchev–Trinajstić information content (AvgIpc) is 1.90. The highest BCUT2D eigenvalue weighted by atomic mass is 32.2. The molecule has 2 heteroatoms. The number of hydrogen-bond donors (Lipinski definition) is 0. The van der Waals surface area contributed by atoms with Crippen molar-refractivity contribution in [1.82, 2.24) is 0 Å². The molecule has 0 aromatic carbocycles. The summed E-state index contributed by atoms with van der Waals surface area (Å²) >= 11 is 4.16. The first-order valence-corrected chi connectivity index (χ1v) is 5.12. The maximum Gasteiger partial charge on any atom is 0.0167 e. The zero-order valence-corrected chi connectivity index (χ0v) is 6.73. The molecule has 1 aliphatic heterocycles. The second-order valence-corrected chi connectivity index (χ2v) is 4.31. The molecule has 1 radical (unpaired) electrons. The zero-order chi connectivity index (χ0) is 5.82. The van der Waals surface area contributed by atoms with Crippen LogP contribution in [-0.4, -0.2) is 22.5 Å². The van der Waals surface area contributed by atoms with Crippen LogP contribution in [0.1, 0.15) is 6.92 Å². The fourth-order valence-corrected chi connectivity index (χ4v) is 3.31. The molecule has 0 aromatic rings. The second-order valence-electron chi connectivity index (χ2n) is 1.82. The van der Waals surface area contributed by atoms with Crippen LogP contribution in [0.4, 0.5) is 0 Å². The summed E-state index contributed by atoms with van der Waals surface area (Å²) in [6.45, 7) is 2.16. The summed E-state index contributed by atoms with van der Waals surface area (Å²) in [7, 11) is 0. The smallest absolute Gasteiger partial charge is 0.0167 e. The molecule has 0 nitrogen and oxygen atoms in total. The van der Waals surface area contributed by atoms with Crippen molar-refractivity contribution in [2.75, 3.05) is 17.3 Å². The predicted octanol–water partition coefficient (Wildman–Crippen LogP) is 2.06. The van der Waals surface area contributed by atoms with Gasteiger partial charge >= 0.3 is 0 Å². The van der Waals surface area contributed by atoms with Gasteiger partial charge in [0.25, 0.3) is 0 Å². The molecule has 1 heterocycles. The maximum absolute atomic E-state index is 2.30. The van der Waals surface area contributed by atoms with E-state index in [0.29, 0.717) is 0 Å². The summed E-state index contributed by atoms with van der Waals surface area (Å²) in [6, 6.07) is 0. The molecular weight excluding hydrogens is 136 g/mol. The zero-order valence-electron chi connectivity index (χ0n) is 5.09. The molecular formula is C6H11S2. The van der Waals surface area contributed by atoms with E-state index in [0.717, 1.165) is 5.25 Å². The average molecular weight is 147 g/mol. The Hall–Kier alpha value is 0.700. The lowest BCUT2D eigenvalue weighted by Crippen LogP contribution is -2.12. The minimum Gasteiger partial charge on any atom is -0.160 e. The van der Waals surface area contributed by atoms with E-state index >= 15 is 0 Å². The summed E-state index contributed by atoms with van der Waals surface area (Å²) in [5.41, 5.74) is 0. The van der Waals surface area contributed by atoms with Gasteiger partial charge in [0.05, 0.1) is 0 Å². The van der Waals surface area contributed by atoms with E-state index < -0.39 is 0 Å². The summed E-state index contributed by atoms with van der Waals surface area (Å²) in [6.07, 6.45) is 2.30. The van der Waals surface area contributed by atoms with Crippen LogP contribution in [0.25, 0.3) is 0 Å². The van der Waals surface area contributed by atoms with Crippen molar-refractivity contribution in [2.45, 2.75) is 12.2 Å². The van der Waals surface area contributed by atoms with E-state index in [9.17, 15) is 0 Å². The van der Waals surface area contributed by atoms with Crippen LogP contribution >= 0.6 is 23.5 Å². The lowest BCUT2D eigenvalue weighted by Gasteiger charge is -2.18. The van der Waals surface area contributed by atoms with E-state index in [1.165, 1.54) is 17.3 Å². The minimum absolute atomic E-state index is 0.841. The molecule has 1 fully saturated rings. The SMILES string of the molecule is C[CH]C1CSCCS1. The van der Waals surface area contributed by atoms with Gasteiger partial charge in [-0.25, -0.2) is 0 Å². The minimum atomic E-state index is 0.841. The molecule has 1 atom stereocenters. The topological polar surface area (TPSA) is 0 Å². The van der Waals surface area contributed by atoms with Gasteiger partial charge < -0.3 is 0 Å². The van der Waals surface area contributed by atoms with Gasteiger partial charge in [-0.15, -0.1) is 0 Å². The van der Waals surface area contributed by atoms with Crippen LogP contribution in [0.3, 0.4) is 0 Å². The van der Waals surface area contributed by atoms with Crippen LogP contribution < -0.4 is 0 Å². The molecule has 0 bridgehead atoms. The van der Waals surface area contributed by atoms with Crippen molar-refractivity contribution in [3.63, 3.8) is 0 Å². The van der Waals surface area contributed by atoms with Crippen molar-refractivity contribution in [3.05, 3.63) is 6.42 Å². The third-order valence-electron chi connectivity index (χ3n) is 1.21. The van der Waals surface area contributed by atoms with Gasteiger partial charge in [0.2, 0.25) is 0 Å². The highest BCUT2D eigenvalue weighted by molar-refractivity contribution is 8.06. The van der Waals surface area contributed by atoms with Crippen molar-refractivity contribution in [3.8, 4) is 0 Å². The Bertz CT molecular complexity index is 57.5. The third-order valence-corrected chi connectivity index (χ3v) is 4.08.